The highest BCUT2D eigenvalue weighted by Gasteiger charge is 2.06. The Morgan fingerprint density at radius 3 is 2.86 bits per heavy atom. The van der Waals surface area contributed by atoms with Crippen LogP contribution in [0.25, 0.3) is 4.85 Å². The minimum Gasteiger partial charge on any atom is -0.270 e. The molecule has 1 aromatic heterocycles. The quantitative estimate of drug-likeness (QED) is 0.522. The van der Waals surface area contributed by atoms with E-state index in [0.717, 1.165) is 29.8 Å². The van der Waals surface area contributed by atoms with Crippen LogP contribution in [0.2, 0.25) is 0 Å². The van der Waals surface area contributed by atoms with Crippen molar-refractivity contribution >= 4 is 5.69 Å². The van der Waals surface area contributed by atoms with E-state index in [-0.39, 0.29) is 0 Å². The molecule has 72 valence electrons. The van der Waals surface area contributed by atoms with Crippen LogP contribution in [0.5, 0.6) is 0 Å². The fourth-order valence-corrected chi connectivity index (χ4v) is 1.50. The van der Waals surface area contributed by atoms with Gasteiger partial charge in [-0.05, 0) is 38.3 Å². The largest absolute Gasteiger partial charge is 0.270 e. The fourth-order valence-electron chi connectivity index (χ4n) is 1.50. The summed E-state index contributed by atoms with van der Waals surface area (Å²) in [6.07, 6.45) is 3.66. The van der Waals surface area contributed by atoms with E-state index < -0.39 is 0 Å². The number of hydrogen-bond acceptors (Lipinski definition) is 1. The summed E-state index contributed by atoms with van der Waals surface area (Å²) in [5, 5.41) is 0. The number of hydrogen-bond donors (Lipinski definition) is 0. The zero-order valence-corrected chi connectivity index (χ0v) is 8.67. The van der Waals surface area contributed by atoms with Crippen molar-refractivity contribution < 1.29 is 0 Å². The Hall–Kier alpha value is -1.62. The fraction of sp³-hybridized carbons (Fsp3) is 0.333. The van der Waals surface area contributed by atoms with Crippen LogP contribution in [0.3, 0.4) is 0 Å². The average Bonchev–Trinajstić information content (AvgIpc) is 2.14. The standard InChI is InChI=1S/C12H14N2/c1-5-6-7-11-8-9(2)14-10(3)12(11)13-4/h5,8H,1,6-7H2,2-3H3. The van der Waals surface area contributed by atoms with Crippen molar-refractivity contribution in [1.82, 2.24) is 4.98 Å². The zero-order chi connectivity index (χ0) is 10.6. The van der Waals surface area contributed by atoms with Crippen molar-refractivity contribution in [3.63, 3.8) is 0 Å². The molecule has 1 aromatic rings. The summed E-state index contributed by atoms with van der Waals surface area (Å²) >= 11 is 0. The molecule has 1 rings (SSSR count). The second-order valence-corrected chi connectivity index (χ2v) is 3.30. The van der Waals surface area contributed by atoms with Gasteiger partial charge in [-0.25, -0.2) is 4.85 Å². The first-order valence-corrected chi connectivity index (χ1v) is 4.64. The molecule has 0 spiro atoms. The van der Waals surface area contributed by atoms with Gasteiger partial charge in [0.2, 0.25) is 5.69 Å². The Morgan fingerprint density at radius 1 is 1.57 bits per heavy atom. The summed E-state index contributed by atoms with van der Waals surface area (Å²) in [5.41, 5.74) is 3.61. The first kappa shape index (κ1) is 10.5. The molecule has 14 heavy (non-hydrogen) atoms. The highest BCUT2D eigenvalue weighted by atomic mass is 14.8. The highest BCUT2D eigenvalue weighted by Crippen LogP contribution is 2.24. The SMILES string of the molecule is [C-]#[N+]c1c(CCC=C)cc(C)nc1C. The Bertz CT molecular complexity index is 386. The third-order valence-corrected chi connectivity index (χ3v) is 2.10. The van der Waals surface area contributed by atoms with Gasteiger partial charge in [-0.2, -0.15) is 0 Å². The molecule has 0 aliphatic rings. The summed E-state index contributed by atoms with van der Waals surface area (Å²) in [6, 6.07) is 1.99. The van der Waals surface area contributed by atoms with E-state index in [1.54, 1.807) is 0 Å². The lowest BCUT2D eigenvalue weighted by Gasteiger charge is -2.06. The molecule has 0 unspecified atom stereocenters. The van der Waals surface area contributed by atoms with Crippen molar-refractivity contribution in [2.45, 2.75) is 26.7 Å². The summed E-state index contributed by atoms with van der Waals surface area (Å²) in [4.78, 5) is 7.79. The van der Waals surface area contributed by atoms with Gasteiger partial charge >= 0.3 is 0 Å². The molecular weight excluding hydrogens is 172 g/mol. The minimum atomic E-state index is 0.706. The van der Waals surface area contributed by atoms with Crippen molar-refractivity contribution in [3.05, 3.63) is 47.1 Å². The molecule has 0 radical (unpaired) electrons. The monoisotopic (exact) mass is 186 g/mol. The van der Waals surface area contributed by atoms with E-state index in [4.69, 9.17) is 6.57 Å². The molecule has 0 aliphatic heterocycles. The normalized spacial score (nSPS) is 9.50. The lowest BCUT2D eigenvalue weighted by molar-refractivity contribution is 0.984. The van der Waals surface area contributed by atoms with Gasteiger partial charge in [-0.15, -0.1) is 6.58 Å². The molecule has 0 aliphatic carbocycles. The van der Waals surface area contributed by atoms with E-state index in [1.807, 2.05) is 26.0 Å². The molecule has 0 fully saturated rings. The lowest BCUT2D eigenvalue weighted by atomic mass is 10.1. The lowest BCUT2D eigenvalue weighted by Crippen LogP contribution is -1.92. The molecule has 0 atom stereocenters. The van der Waals surface area contributed by atoms with Gasteiger partial charge in [0.25, 0.3) is 0 Å². The third-order valence-electron chi connectivity index (χ3n) is 2.10. The van der Waals surface area contributed by atoms with Crippen LogP contribution < -0.4 is 0 Å². The van der Waals surface area contributed by atoms with Crippen LogP contribution in [0.15, 0.2) is 18.7 Å². The number of allylic oxidation sites excluding steroid dienone is 1. The molecular formula is C12H14N2. The Kier molecular flexibility index (Phi) is 3.41. The Morgan fingerprint density at radius 2 is 2.29 bits per heavy atom. The topological polar surface area (TPSA) is 17.2 Å². The molecule has 1 heterocycles. The Balaban J connectivity index is 3.12. The Labute approximate surface area is 85.1 Å². The van der Waals surface area contributed by atoms with Crippen LogP contribution in [0.1, 0.15) is 23.4 Å². The summed E-state index contributed by atoms with van der Waals surface area (Å²) < 4.78 is 0. The van der Waals surface area contributed by atoms with Crippen molar-refractivity contribution in [2.24, 2.45) is 0 Å². The number of nitrogens with zero attached hydrogens (tertiary/aromatic N) is 2. The summed E-state index contributed by atoms with van der Waals surface area (Å²) in [6.45, 7) is 14.6. The number of aromatic nitrogens is 1. The van der Waals surface area contributed by atoms with E-state index in [1.165, 1.54) is 0 Å². The van der Waals surface area contributed by atoms with Gasteiger partial charge in [-0.3, -0.25) is 4.98 Å². The first-order chi connectivity index (χ1) is 6.69. The first-order valence-electron chi connectivity index (χ1n) is 4.64. The van der Waals surface area contributed by atoms with Gasteiger partial charge < -0.3 is 0 Å². The molecule has 0 saturated carbocycles. The number of pyridine rings is 1. The van der Waals surface area contributed by atoms with E-state index in [2.05, 4.69) is 16.4 Å². The molecule has 0 saturated heterocycles. The number of aryl methyl sites for hydroxylation is 3. The molecule has 0 N–H and O–H groups in total. The van der Waals surface area contributed by atoms with Crippen LogP contribution >= 0.6 is 0 Å². The van der Waals surface area contributed by atoms with Gasteiger partial charge in [0, 0.05) is 11.4 Å². The summed E-state index contributed by atoms with van der Waals surface area (Å²) in [5.74, 6) is 0. The van der Waals surface area contributed by atoms with Crippen LogP contribution in [0.4, 0.5) is 5.69 Å². The molecule has 2 heteroatoms. The maximum absolute atomic E-state index is 7.09. The van der Waals surface area contributed by atoms with Crippen molar-refractivity contribution in [1.29, 1.82) is 0 Å². The van der Waals surface area contributed by atoms with E-state index in [9.17, 15) is 0 Å². The van der Waals surface area contributed by atoms with Crippen molar-refractivity contribution in [3.8, 4) is 0 Å². The molecule has 2 nitrogen and oxygen atoms in total. The predicted octanol–water partition coefficient (Wildman–Crippen LogP) is 3.37. The van der Waals surface area contributed by atoms with Crippen molar-refractivity contribution in [2.75, 3.05) is 0 Å². The smallest absolute Gasteiger partial charge is 0.211 e. The van der Waals surface area contributed by atoms with Gasteiger partial charge in [-0.1, -0.05) is 6.08 Å². The van der Waals surface area contributed by atoms with Gasteiger partial charge in [0.05, 0.1) is 6.57 Å². The third kappa shape index (κ3) is 2.20. The van der Waals surface area contributed by atoms with E-state index >= 15 is 0 Å². The predicted molar refractivity (Wildman–Crippen MR) is 58.5 cm³/mol. The molecule has 0 aromatic carbocycles. The maximum Gasteiger partial charge on any atom is 0.211 e. The van der Waals surface area contributed by atoms with E-state index in [0.29, 0.717) is 5.69 Å². The van der Waals surface area contributed by atoms with Gasteiger partial charge in [0.1, 0.15) is 0 Å². The average molecular weight is 186 g/mol. The van der Waals surface area contributed by atoms with Crippen LogP contribution in [-0.2, 0) is 6.42 Å². The van der Waals surface area contributed by atoms with Crippen LogP contribution in [0, 0.1) is 20.4 Å². The second-order valence-electron chi connectivity index (χ2n) is 3.30. The second kappa shape index (κ2) is 4.57. The molecule has 0 amide bonds. The molecule has 0 bridgehead atoms. The highest BCUT2D eigenvalue weighted by molar-refractivity contribution is 5.56. The van der Waals surface area contributed by atoms with Gasteiger partial charge in [0.15, 0.2) is 0 Å². The maximum atomic E-state index is 7.09. The van der Waals surface area contributed by atoms with Crippen LogP contribution in [-0.4, -0.2) is 4.98 Å². The zero-order valence-electron chi connectivity index (χ0n) is 8.67. The minimum absolute atomic E-state index is 0.706. The number of rotatable bonds is 3. The summed E-state index contributed by atoms with van der Waals surface area (Å²) in [7, 11) is 0.